The second kappa shape index (κ2) is 12.7. The van der Waals surface area contributed by atoms with Crippen molar-refractivity contribution in [2.75, 3.05) is 10.3 Å². The second-order valence-electron chi connectivity index (χ2n) is 10.7. The van der Waals surface area contributed by atoms with Crippen molar-refractivity contribution in [1.29, 1.82) is 0 Å². The molecule has 0 radical (unpaired) electrons. The lowest BCUT2D eigenvalue weighted by molar-refractivity contribution is -0.119. The summed E-state index contributed by atoms with van der Waals surface area (Å²) in [7, 11) is 0. The van der Waals surface area contributed by atoms with Crippen LogP contribution >= 0.6 is 11.6 Å². The fraction of sp³-hybridized carbons (Fsp3) is 0.226. The quantitative estimate of drug-likeness (QED) is 0.138. The van der Waals surface area contributed by atoms with Gasteiger partial charge < -0.3 is 11.1 Å². The van der Waals surface area contributed by atoms with Gasteiger partial charge in [0.25, 0.3) is 5.56 Å². The standard InChI is InChI=1S/C31H28ClF4N7O2/c1-17-3-2-4-27(25-11-18(9-10-39-25)21-13-20(33)6-7-23(21)41-30(17)45)42-16-40-24(14-29(42)44)22-12-19(32)5-8-26(22)43(38)15-28(37)31(34,35)36/h5-17,27H,2-4,37-38H2,1H3,(H,41,45)/b28-15-. The summed E-state index contributed by atoms with van der Waals surface area (Å²) in [6, 6.07) is 12.4. The van der Waals surface area contributed by atoms with E-state index in [-0.39, 0.29) is 33.8 Å². The molecule has 2 atom stereocenters. The van der Waals surface area contributed by atoms with Gasteiger partial charge in [0, 0.05) is 46.2 Å². The Bertz CT molecular complexity index is 1840. The Morgan fingerprint density at radius 2 is 1.84 bits per heavy atom. The Labute approximate surface area is 260 Å². The first-order valence-corrected chi connectivity index (χ1v) is 14.2. The predicted molar refractivity (Wildman–Crippen MR) is 163 cm³/mol. The smallest absolute Gasteiger partial charge is 0.393 e. The SMILES string of the molecule is CC1CCCC(n2cnc(-c3cc(Cl)ccc3N(N)/C=C(\N)C(F)(F)F)cc2=O)c2cc(ccn2)-c2cc(F)ccc2NC1=O. The molecule has 0 fully saturated rings. The van der Waals surface area contributed by atoms with Crippen LogP contribution in [0.3, 0.4) is 0 Å². The van der Waals surface area contributed by atoms with Crippen LogP contribution in [0.4, 0.5) is 28.9 Å². The third-order valence-electron chi connectivity index (χ3n) is 7.53. The molecule has 0 saturated carbocycles. The summed E-state index contributed by atoms with van der Waals surface area (Å²) in [5.74, 6) is 4.85. The van der Waals surface area contributed by atoms with Gasteiger partial charge >= 0.3 is 6.18 Å². The number of anilines is 2. The molecule has 5 rings (SSSR count). The lowest BCUT2D eigenvalue weighted by Gasteiger charge is -2.23. The van der Waals surface area contributed by atoms with Gasteiger partial charge in [0.05, 0.1) is 29.4 Å². The van der Waals surface area contributed by atoms with E-state index < -0.39 is 29.3 Å². The number of hydrogen-bond acceptors (Lipinski definition) is 7. The molecule has 1 amide bonds. The highest BCUT2D eigenvalue weighted by Gasteiger charge is 2.32. The first kappa shape index (κ1) is 31.7. The van der Waals surface area contributed by atoms with Crippen molar-refractivity contribution in [3.05, 3.63) is 106 Å². The number of carbonyl (C=O) groups is 1. The van der Waals surface area contributed by atoms with E-state index in [0.29, 0.717) is 53.0 Å². The van der Waals surface area contributed by atoms with Crippen LogP contribution < -0.4 is 27.5 Å². The summed E-state index contributed by atoms with van der Waals surface area (Å²) in [6.07, 6.45) is 0.0597. The number of hydrogen-bond donors (Lipinski definition) is 3. The van der Waals surface area contributed by atoms with Crippen LogP contribution in [-0.2, 0) is 4.79 Å². The number of benzene rings is 2. The number of nitrogens with zero attached hydrogens (tertiary/aromatic N) is 4. The molecule has 2 aromatic carbocycles. The molecule has 5 N–H and O–H groups in total. The number of hydrazine groups is 1. The van der Waals surface area contributed by atoms with Crippen LogP contribution in [-0.4, -0.2) is 26.6 Å². The minimum Gasteiger partial charge on any atom is -0.393 e. The van der Waals surface area contributed by atoms with Gasteiger partial charge in [0.1, 0.15) is 11.5 Å². The van der Waals surface area contributed by atoms with Crippen molar-refractivity contribution in [2.45, 2.75) is 38.4 Å². The molecule has 3 heterocycles. The number of nitrogens with two attached hydrogens (primary N) is 2. The van der Waals surface area contributed by atoms with Crippen molar-refractivity contribution in [1.82, 2.24) is 14.5 Å². The average Bonchev–Trinajstić information content (AvgIpc) is 2.99. The summed E-state index contributed by atoms with van der Waals surface area (Å²) < 4.78 is 54.8. The minimum atomic E-state index is -4.81. The fourth-order valence-corrected chi connectivity index (χ4v) is 5.29. The van der Waals surface area contributed by atoms with Crippen molar-refractivity contribution in [2.24, 2.45) is 17.5 Å². The summed E-state index contributed by atoms with van der Waals surface area (Å²) in [5.41, 5.74) is 5.60. The zero-order valence-corrected chi connectivity index (χ0v) is 24.6. The number of nitrogens with one attached hydrogen (secondary N) is 1. The molecular formula is C31H28ClF4N7O2. The Morgan fingerprint density at radius 3 is 2.58 bits per heavy atom. The van der Waals surface area contributed by atoms with E-state index in [2.05, 4.69) is 15.3 Å². The topological polar surface area (TPSA) is 132 Å². The molecular weight excluding hydrogens is 614 g/mol. The molecule has 14 heteroatoms. The third kappa shape index (κ3) is 6.99. The second-order valence-corrected chi connectivity index (χ2v) is 11.1. The number of halogens is 5. The van der Waals surface area contributed by atoms with E-state index in [0.717, 1.165) is 0 Å². The maximum atomic E-state index is 14.3. The highest BCUT2D eigenvalue weighted by molar-refractivity contribution is 6.31. The summed E-state index contributed by atoms with van der Waals surface area (Å²) in [6.45, 7) is 1.79. The predicted octanol–water partition coefficient (Wildman–Crippen LogP) is 6.16. The van der Waals surface area contributed by atoms with E-state index in [1.54, 1.807) is 25.3 Å². The van der Waals surface area contributed by atoms with Gasteiger partial charge in [-0.15, -0.1) is 0 Å². The summed E-state index contributed by atoms with van der Waals surface area (Å²) in [5, 5.41) is 3.81. The number of pyridine rings is 1. The lowest BCUT2D eigenvalue weighted by atomic mass is 9.95. The van der Waals surface area contributed by atoms with Crippen molar-refractivity contribution in [3.8, 4) is 22.4 Å². The molecule has 45 heavy (non-hydrogen) atoms. The van der Waals surface area contributed by atoms with Crippen LogP contribution in [0, 0.1) is 11.7 Å². The van der Waals surface area contributed by atoms with Crippen LogP contribution in [0.15, 0.2) is 83.8 Å². The van der Waals surface area contributed by atoms with E-state index in [9.17, 15) is 27.2 Å². The Morgan fingerprint density at radius 1 is 1.07 bits per heavy atom. The Balaban J connectivity index is 1.58. The molecule has 2 bridgehead atoms. The van der Waals surface area contributed by atoms with Gasteiger partial charge in [0.15, 0.2) is 0 Å². The first-order valence-electron chi connectivity index (χ1n) is 13.8. The Hall–Kier alpha value is -4.75. The van der Waals surface area contributed by atoms with Crippen LogP contribution in [0.1, 0.15) is 37.9 Å². The average molecular weight is 642 g/mol. The van der Waals surface area contributed by atoms with Crippen LogP contribution in [0.2, 0.25) is 5.02 Å². The molecule has 9 nitrogen and oxygen atoms in total. The first-order chi connectivity index (χ1) is 21.3. The highest BCUT2D eigenvalue weighted by atomic mass is 35.5. The molecule has 0 aliphatic carbocycles. The van der Waals surface area contributed by atoms with Crippen molar-refractivity contribution < 1.29 is 22.4 Å². The van der Waals surface area contributed by atoms with Crippen molar-refractivity contribution in [3.63, 3.8) is 0 Å². The van der Waals surface area contributed by atoms with Gasteiger partial charge in [-0.25, -0.2) is 15.2 Å². The number of aromatic nitrogens is 3. The van der Waals surface area contributed by atoms with Gasteiger partial charge in [-0.05, 0) is 66.9 Å². The fourth-order valence-electron chi connectivity index (χ4n) is 5.12. The monoisotopic (exact) mass is 641 g/mol. The molecule has 234 valence electrons. The molecule has 4 aromatic rings. The summed E-state index contributed by atoms with van der Waals surface area (Å²) in [4.78, 5) is 35.5. The van der Waals surface area contributed by atoms with Gasteiger partial charge in [0.2, 0.25) is 5.91 Å². The van der Waals surface area contributed by atoms with E-state index in [1.165, 1.54) is 53.4 Å². The zero-order chi connectivity index (χ0) is 32.5. The van der Waals surface area contributed by atoms with Gasteiger partial charge in [-0.3, -0.25) is 24.1 Å². The largest absolute Gasteiger partial charge is 0.432 e. The van der Waals surface area contributed by atoms with E-state index in [4.69, 9.17) is 23.2 Å². The maximum absolute atomic E-state index is 14.3. The lowest BCUT2D eigenvalue weighted by Crippen LogP contribution is -2.30. The molecule has 2 aromatic heterocycles. The number of rotatable bonds is 4. The molecule has 0 saturated heterocycles. The molecule has 1 aliphatic rings. The van der Waals surface area contributed by atoms with E-state index >= 15 is 0 Å². The maximum Gasteiger partial charge on any atom is 0.432 e. The van der Waals surface area contributed by atoms with Gasteiger partial charge in [-0.1, -0.05) is 24.9 Å². The molecule has 2 unspecified atom stereocenters. The number of allylic oxidation sites excluding steroid dienone is 1. The number of alkyl halides is 3. The molecule has 0 spiro atoms. The highest BCUT2D eigenvalue weighted by Crippen LogP contribution is 2.35. The normalized spacial score (nSPS) is 17.5. The third-order valence-corrected chi connectivity index (χ3v) is 7.76. The van der Waals surface area contributed by atoms with Crippen molar-refractivity contribution >= 4 is 28.9 Å². The Kier molecular flexibility index (Phi) is 8.94. The van der Waals surface area contributed by atoms with Crippen LogP contribution in [0.25, 0.3) is 22.4 Å². The zero-order valence-electron chi connectivity index (χ0n) is 23.9. The van der Waals surface area contributed by atoms with Gasteiger partial charge in [-0.2, -0.15) is 13.2 Å². The minimum absolute atomic E-state index is 0.0646. The summed E-state index contributed by atoms with van der Waals surface area (Å²) >= 11 is 6.18. The van der Waals surface area contributed by atoms with E-state index in [1.807, 2.05) is 0 Å². The van der Waals surface area contributed by atoms with Crippen LogP contribution in [0.5, 0.6) is 0 Å². The molecule has 1 aliphatic heterocycles. The number of amides is 1. The number of fused-ring (bicyclic) bond motifs is 4. The number of carbonyl (C=O) groups excluding carboxylic acids is 1.